The van der Waals surface area contributed by atoms with Gasteiger partial charge in [-0.1, -0.05) is 51.9 Å². The van der Waals surface area contributed by atoms with Gasteiger partial charge in [-0.25, -0.2) is 0 Å². The number of nitrogens with zero attached hydrogens (tertiary/aromatic N) is 1. The minimum atomic E-state index is -0.0568. The molecule has 0 aromatic carbocycles. The number of rotatable bonds is 4. The molecule has 1 nitrogen and oxygen atoms in total. The third-order valence-electron chi connectivity index (χ3n) is 5.51. The van der Waals surface area contributed by atoms with Crippen molar-refractivity contribution in [2.24, 2.45) is 23.2 Å². The average molecular weight is 247 g/mol. The molecule has 2 aliphatic rings. The summed E-state index contributed by atoms with van der Waals surface area (Å²) in [5, 5.41) is 9.49. The van der Waals surface area contributed by atoms with Crippen LogP contribution in [-0.4, -0.2) is 0 Å². The third kappa shape index (κ3) is 3.08. The van der Waals surface area contributed by atoms with E-state index in [0.717, 1.165) is 30.6 Å². The standard InChI is InChI=1S/C17H29N/c1-3-11-17(2,13-18)12-15-9-6-8-14-7-4-5-10-16(14)15/h14-16H,3-12H2,1-2H3. The van der Waals surface area contributed by atoms with Gasteiger partial charge in [-0.05, 0) is 43.9 Å². The molecule has 0 bridgehead atoms. The van der Waals surface area contributed by atoms with Crippen molar-refractivity contribution in [3.8, 4) is 6.07 Å². The quantitative estimate of drug-likeness (QED) is 0.660. The van der Waals surface area contributed by atoms with Crippen LogP contribution in [0.25, 0.3) is 0 Å². The molecule has 0 radical (unpaired) electrons. The molecule has 2 saturated carbocycles. The van der Waals surface area contributed by atoms with E-state index in [1.807, 2.05) is 0 Å². The smallest absolute Gasteiger partial charge is 0.0686 e. The molecule has 0 saturated heterocycles. The van der Waals surface area contributed by atoms with Crippen LogP contribution in [0.4, 0.5) is 0 Å². The summed E-state index contributed by atoms with van der Waals surface area (Å²) in [6.45, 7) is 4.41. The van der Waals surface area contributed by atoms with Crippen LogP contribution >= 0.6 is 0 Å². The predicted octanol–water partition coefficient (Wildman–Crippen LogP) is 5.31. The van der Waals surface area contributed by atoms with E-state index < -0.39 is 0 Å². The van der Waals surface area contributed by atoms with Crippen LogP contribution in [0.2, 0.25) is 0 Å². The fourth-order valence-corrected chi connectivity index (χ4v) is 4.66. The number of hydrogen-bond acceptors (Lipinski definition) is 1. The Hall–Kier alpha value is -0.510. The molecule has 4 unspecified atom stereocenters. The van der Waals surface area contributed by atoms with Crippen LogP contribution < -0.4 is 0 Å². The highest BCUT2D eigenvalue weighted by Gasteiger charge is 2.38. The second-order valence-electron chi connectivity index (χ2n) is 7.03. The zero-order valence-electron chi connectivity index (χ0n) is 12.3. The summed E-state index contributed by atoms with van der Waals surface area (Å²) in [5.41, 5.74) is -0.0568. The van der Waals surface area contributed by atoms with Gasteiger partial charge in [0.05, 0.1) is 11.5 Å². The zero-order valence-corrected chi connectivity index (χ0v) is 12.3. The van der Waals surface area contributed by atoms with E-state index in [-0.39, 0.29) is 5.41 Å². The monoisotopic (exact) mass is 247 g/mol. The van der Waals surface area contributed by atoms with Crippen LogP contribution in [0.3, 0.4) is 0 Å². The summed E-state index contributed by atoms with van der Waals surface area (Å²) in [6, 6.07) is 2.62. The van der Waals surface area contributed by atoms with Crippen LogP contribution in [-0.2, 0) is 0 Å². The van der Waals surface area contributed by atoms with E-state index in [9.17, 15) is 5.26 Å². The fourth-order valence-electron chi connectivity index (χ4n) is 4.66. The SMILES string of the molecule is CCCC(C)(C#N)CC1CCCC2CCCCC21. The van der Waals surface area contributed by atoms with Gasteiger partial charge in [0.2, 0.25) is 0 Å². The maximum absolute atomic E-state index is 9.49. The summed E-state index contributed by atoms with van der Waals surface area (Å²) in [4.78, 5) is 0. The van der Waals surface area contributed by atoms with Gasteiger partial charge in [0.1, 0.15) is 0 Å². The summed E-state index contributed by atoms with van der Waals surface area (Å²) < 4.78 is 0. The highest BCUT2D eigenvalue weighted by molar-refractivity contribution is 4.98. The van der Waals surface area contributed by atoms with Crippen LogP contribution in [0.1, 0.15) is 78.1 Å². The van der Waals surface area contributed by atoms with E-state index in [1.54, 1.807) is 0 Å². The van der Waals surface area contributed by atoms with Crippen molar-refractivity contribution < 1.29 is 0 Å². The fraction of sp³-hybridized carbons (Fsp3) is 0.941. The Morgan fingerprint density at radius 3 is 2.56 bits per heavy atom. The molecule has 18 heavy (non-hydrogen) atoms. The van der Waals surface area contributed by atoms with Crippen LogP contribution in [0.5, 0.6) is 0 Å². The minimum absolute atomic E-state index is 0.0568. The summed E-state index contributed by atoms with van der Waals surface area (Å²) in [7, 11) is 0. The van der Waals surface area contributed by atoms with Gasteiger partial charge in [0.15, 0.2) is 0 Å². The molecule has 102 valence electrons. The van der Waals surface area contributed by atoms with E-state index in [1.165, 1.54) is 51.4 Å². The normalized spacial score (nSPS) is 35.3. The molecule has 1 heteroatoms. The number of nitriles is 1. The van der Waals surface area contributed by atoms with Gasteiger partial charge in [-0.2, -0.15) is 5.26 Å². The topological polar surface area (TPSA) is 23.8 Å². The van der Waals surface area contributed by atoms with Crippen molar-refractivity contribution in [3.63, 3.8) is 0 Å². The van der Waals surface area contributed by atoms with Crippen molar-refractivity contribution in [2.45, 2.75) is 78.1 Å². The van der Waals surface area contributed by atoms with E-state index >= 15 is 0 Å². The summed E-state index contributed by atoms with van der Waals surface area (Å²) >= 11 is 0. The van der Waals surface area contributed by atoms with E-state index in [2.05, 4.69) is 19.9 Å². The van der Waals surface area contributed by atoms with Crippen molar-refractivity contribution in [1.29, 1.82) is 5.26 Å². The van der Waals surface area contributed by atoms with Crippen molar-refractivity contribution in [2.75, 3.05) is 0 Å². The first kappa shape index (κ1) is 13.9. The van der Waals surface area contributed by atoms with Crippen LogP contribution in [0, 0.1) is 34.5 Å². The maximum Gasteiger partial charge on any atom is 0.0686 e. The first-order valence-corrected chi connectivity index (χ1v) is 8.10. The van der Waals surface area contributed by atoms with Gasteiger partial charge in [-0.15, -0.1) is 0 Å². The molecule has 0 heterocycles. The van der Waals surface area contributed by atoms with Gasteiger partial charge in [-0.3, -0.25) is 0 Å². The van der Waals surface area contributed by atoms with Gasteiger partial charge in [0, 0.05) is 0 Å². The Kier molecular flexibility index (Phi) is 4.71. The summed E-state index contributed by atoms with van der Waals surface area (Å²) in [6.07, 6.45) is 13.5. The lowest BCUT2D eigenvalue weighted by atomic mass is 9.61. The lowest BCUT2D eigenvalue weighted by Gasteiger charge is -2.43. The molecule has 0 amide bonds. The van der Waals surface area contributed by atoms with E-state index in [0.29, 0.717) is 0 Å². The Morgan fingerprint density at radius 2 is 1.83 bits per heavy atom. The van der Waals surface area contributed by atoms with Crippen molar-refractivity contribution in [1.82, 2.24) is 0 Å². The van der Waals surface area contributed by atoms with Crippen molar-refractivity contribution >= 4 is 0 Å². The lowest BCUT2D eigenvalue weighted by molar-refractivity contribution is 0.0766. The third-order valence-corrected chi connectivity index (χ3v) is 5.51. The Bertz CT molecular complexity index is 301. The largest absolute Gasteiger partial charge is 0.198 e. The van der Waals surface area contributed by atoms with Gasteiger partial charge >= 0.3 is 0 Å². The van der Waals surface area contributed by atoms with Gasteiger partial charge in [0.25, 0.3) is 0 Å². The second-order valence-corrected chi connectivity index (χ2v) is 7.03. The highest BCUT2D eigenvalue weighted by atomic mass is 14.4. The molecular weight excluding hydrogens is 218 g/mol. The summed E-state index contributed by atoms with van der Waals surface area (Å²) in [5.74, 6) is 2.80. The molecule has 2 fully saturated rings. The Morgan fingerprint density at radius 1 is 1.11 bits per heavy atom. The first-order chi connectivity index (χ1) is 8.68. The molecule has 0 spiro atoms. The zero-order chi connectivity index (χ0) is 13.0. The molecule has 0 aromatic rings. The molecule has 4 atom stereocenters. The maximum atomic E-state index is 9.49. The molecular formula is C17H29N. The number of fused-ring (bicyclic) bond motifs is 1. The van der Waals surface area contributed by atoms with Gasteiger partial charge < -0.3 is 0 Å². The lowest BCUT2D eigenvalue weighted by Crippen LogP contribution is -2.34. The molecule has 2 aliphatic carbocycles. The van der Waals surface area contributed by atoms with Crippen molar-refractivity contribution in [3.05, 3.63) is 0 Å². The predicted molar refractivity (Wildman–Crippen MR) is 76.0 cm³/mol. The molecule has 0 aliphatic heterocycles. The van der Waals surface area contributed by atoms with E-state index in [4.69, 9.17) is 0 Å². The Labute approximate surface area is 113 Å². The Balaban J connectivity index is 2.00. The average Bonchev–Trinajstić information content (AvgIpc) is 2.39. The molecule has 0 N–H and O–H groups in total. The highest BCUT2D eigenvalue weighted by Crippen LogP contribution is 2.48. The molecule has 2 rings (SSSR count). The molecule has 0 aromatic heterocycles. The number of hydrogen-bond donors (Lipinski definition) is 0. The first-order valence-electron chi connectivity index (χ1n) is 8.10. The minimum Gasteiger partial charge on any atom is -0.198 e. The van der Waals surface area contributed by atoms with Crippen LogP contribution in [0.15, 0.2) is 0 Å². The second kappa shape index (κ2) is 6.09.